The molecule has 27 heavy (non-hydrogen) atoms. The molecule has 0 bridgehead atoms. The zero-order chi connectivity index (χ0) is 19.2. The van der Waals surface area contributed by atoms with Crippen LogP contribution in [0.1, 0.15) is 31.4 Å². The van der Waals surface area contributed by atoms with Crippen molar-refractivity contribution in [1.29, 1.82) is 0 Å². The Bertz CT molecular complexity index is 894. The van der Waals surface area contributed by atoms with Crippen LogP contribution in [0, 0.1) is 0 Å². The van der Waals surface area contributed by atoms with Gasteiger partial charge >= 0.3 is 6.03 Å². The van der Waals surface area contributed by atoms with Crippen molar-refractivity contribution in [2.24, 2.45) is 0 Å². The van der Waals surface area contributed by atoms with Crippen LogP contribution in [0.4, 0.5) is 4.79 Å². The quantitative estimate of drug-likeness (QED) is 0.663. The maximum absolute atomic E-state index is 12.3. The van der Waals surface area contributed by atoms with Gasteiger partial charge < -0.3 is 15.0 Å². The third-order valence-electron chi connectivity index (χ3n) is 4.36. The predicted octanol–water partition coefficient (Wildman–Crippen LogP) is 4.21. The Morgan fingerprint density at radius 2 is 1.85 bits per heavy atom. The lowest BCUT2D eigenvalue weighted by Crippen LogP contribution is -2.36. The normalized spacial score (nSPS) is 12.0. The van der Waals surface area contributed by atoms with Crippen LogP contribution in [0.15, 0.2) is 42.5 Å². The van der Waals surface area contributed by atoms with E-state index in [-0.39, 0.29) is 12.1 Å². The number of ether oxygens (including phenoxy) is 1. The standard InChI is InChI=1S/C20H24N4O2S/c1-4-14(2)26-17-8-5-15(6-9-17)12-21-20(25)24(3)13-16-7-10-18-19(11-16)23-27-22-18/h5-11,14H,4,12-13H2,1-3H3,(H,21,25)/t14-/m1/s1. The number of aromatic nitrogens is 2. The first kappa shape index (κ1) is 19.1. The molecule has 0 radical (unpaired) electrons. The molecule has 1 heterocycles. The number of carbonyl (C=O) groups is 1. The van der Waals surface area contributed by atoms with Crippen LogP contribution in [0.3, 0.4) is 0 Å². The highest BCUT2D eigenvalue weighted by Gasteiger charge is 2.10. The van der Waals surface area contributed by atoms with E-state index in [9.17, 15) is 4.79 Å². The smallest absolute Gasteiger partial charge is 0.317 e. The van der Waals surface area contributed by atoms with Crippen LogP contribution >= 0.6 is 11.7 Å². The molecule has 0 spiro atoms. The van der Waals surface area contributed by atoms with Crippen molar-refractivity contribution < 1.29 is 9.53 Å². The van der Waals surface area contributed by atoms with E-state index in [0.29, 0.717) is 13.1 Å². The third kappa shape index (κ3) is 5.17. The number of rotatable bonds is 7. The molecule has 3 rings (SSSR count). The molecule has 2 aromatic carbocycles. The van der Waals surface area contributed by atoms with E-state index in [2.05, 4.69) is 21.0 Å². The molecule has 0 aliphatic heterocycles. The minimum Gasteiger partial charge on any atom is -0.491 e. The second-order valence-electron chi connectivity index (χ2n) is 6.58. The van der Waals surface area contributed by atoms with E-state index < -0.39 is 0 Å². The monoisotopic (exact) mass is 384 g/mol. The molecule has 2 amide bonds. The van der Waals surface area contributed by atoms with Crippen LogP contribution < -0.4 is 10.1 Å². The Morgan fingerprint density at radius 1 is 1.15 bits per heavy atom. The van der Waals surface area contributed by atoms with Gasteiger partial charge in [0.25, 0.3) is 0 Å². The predicted molar refractivity (Wildman–Crippen MR) is 108 cm³/mol. The first-order valence-electron chi connectivity index (χ1n) is 9.01. The van der Waals surface area contributed by atoms with Gasteiger partial charge in [-0.3, -0.25) is 0 Å². The molecule has 0 unspecified atom stereocenters. The summed E-state index contributed by atoms with van der Waals surface area (Å²) < 4.78 is 14.2. The van der Waals surface area contributed by atoms with Gasteiger partial charge in [-0.2, -0.15) is 8.75 Å². The van der Waals surface area contributed by atoms with Gasteiger partial charge in [-0.1, -0.05) is 25.1 Å². The highest BCUT2D eigenvalue weighted by Crippen LogP contribution is 2.16. The molecule has 1 N–H and O–H groups in total. The number of carbonyl (C=O) groups excluding carboxylic acids is 1. The highest BCUT2D eigenvalue weighted by atomic mass is 32.1. The molecular weight excluding hydrogens is 360 g/mol. The summed E-state index contributed by atoms with van der Waals surface area (Å²) in [5.41, 5.74) is 3.81. The second kappa shape index (κ2) is 8.81. The SMILES string of the molecule is CC[C@@H](C)Oc1ccc(CNC(=O)N(C)Cc2ccc3nsnc3c2)cc1. The second-order valence-corrected chi connectivity index (χ2v) is 7.11. The van der Waals surface area contributed by atoms with Crippen LogP contribution in [0.5, 0.6) is 5.75 Å². The molecule has 0 saturated carbocycles. The molecule has 0 saturated heterocycles. The van der Waals surface area contributed by atoms with Gasteiger partial charge in [0, 0.05) is 20.1 Å². The van der Waals surface area contributed by atoms with E-state index >= 15 is 0 Å². The van der Waals surface area contributed by atoms with Gasteiger partial charge in [0.05, 0.1) is 17.8 Å². The maximum atomic E-state index is 12.3. The number of nitrogens with zero attached hydrogens (tertiary/aromatic N) is 3. The summed E-state index contributed by atoms with van der Waals surface area (Å²) in [5, 5.41) is 2.94. The Labute approximate surface area is 163 Å². The average Bonchev–Trinajstić information content (AvgIpc) is 3.14. The molecule has 1 atom stereocenters. The third-order valence-corrected chi connectivity index (χ3v) is 4.92. The number of urea groups is 1. The molecule has 3 aromatic rings. The minimum atomic E-state index is -0.119. The van der Waals surface area contributed by atoms with Crippen LogP contribution in [-0.4, -0.2) is 32.8 Å². The zero-order valence-electron chi connectivity index (χ0n) is 15.8. The van der Waals surface area contributed by atoms with E-state index in [4.69, 9.17) is 4.74 Å². The number of benzene rings is 2. The van der Waals surface area contributed by atoms with Gasteiger partial charge in [-0.25, -0.2) is 4.79 Å². The van der Waals surface area contributed by atoms with Crippen molar-refractivity contribution >= 4 is 28.8 Å². The molecule has 0 fully saturated rings. The van der Waals surface area contributed by atoms with E-state index in [0.717, 1.165) is 34.3 Å². The number of hydrogen-bond donors (Lipinski definition) is 1. The lowest BCUT2D eigenvalue weighted by atomic mass is 10.2. The van der Waals surface area contributed by atoms with Crippen molar-refractivity contribution in [3.63, 3.8) is 0 Å². The summed E-state index contributed by atoms with van der Waals surface area (Å²) in [5.74, 6) is 0.850. The van der Waals surface area contributed by atoms with Crippen molar-refractivity contribution in [3.8, 4) is 5.75 Å². The molecule has 142 valence electrons. The minimum absolute atomic E-state index is 0.119. The summed E-state index contributed by atoms with van der Waals surface area (Å²) >= 11 is 1.20. The Balaban J connectivity index is 1.50. The highest BCUT2D eigenvalue weighted by molar-refractivity contribution is 7.00. The van der Waals surface area contributed by atoms with Crippen LogP contribution in [0.25, 0.3) is 11.0 Å². The lowest BCUT2D eigenvalue weighted by molar-refractivity contribution is 0.206. The molecule has 7 heteroatoms. The van der Waals surface area contributed by atoms with E-state index in [1.807, 2.05) is 49.4 Å². The zero-order valence-corrected chi connectivity index (χ0v) is 16.6. The summed E-state index contributed by atoms with van der Waals surface area (Å²) in [7, 11) is 1.78. The lowest BCUT2D eigenvalue weighted by Gasteiger charge is -2.18. The number of fused-ring (bicyclic) bond motifs is 1. The first-order chi connectivity index (χ1) is 13.0. The van der Waals surface area contributed by atoms with Gasteiger partial charge in [-0.05, 0) is 48.7 Å². The molecule has 0 aliphatic carbocycles. The number of nitrogens with one attached hydrogen (secondary N) is 1. The van der Waals surface area contributed by atoms with Crippen molar-refractivity contribution in [2.75, 3.05) is 7.05 Å². The molecular formula is C20H24N4O2S. The fraction of sp³-hybridized carbons (Fsp3) is 0.350. The molecule has 1 aromatic heterocycles. The summed E-state index contributed by atoms with van der Waals surface area (Å²) in [4.78, 5) is 14.0. The fourth-order valence-electron chi connectivity index (χ4n) is 2.59. The van der Waals surface area contributed by atoms with Crippen molar-refractivity contribution in [1.82, 2.24) is 19.0 Å². The number of hydrogen-bond acceptors (Lipinski definition) is 5. The summed E-state index contributed by atoms with van der Waals surface area (Å²) in [6.45, 7) is 5.13. The van der Waals surface area contributed by atoms with Crippen molar-refractivity contribution in [2.45, 2.75) is 39.5 Å². The summed E-state index contributed by atoms with van der Waals surface area (Å²) in [6.07, 6.45) is 1.17. The van der Waals surface area contributed by atoms with Gasteiger partial charge in [0.1, 0.15) is 16.8 Å². The van der Waals surface area contributed by atoms with E-state index in [1.54, 1.807) is 11.9 Å². The van der Waals surface area contributed by atoms with Gasteiger partial charge in [-0.15, -0.1) is 0 Å². The molecule has 6 nitrogen and oxygen atoms in total. The first-order valence-corrected chi connectivity index (χ1v) is 9.74. The fourth-order valence-corrected chi connectivity index (χ4v) is 3.10. The average molecular weight is 385 g/mol. The van der Waals surface area contributed by atoms with Crippen LogP contribution in [-0.2, 0) is 13.1 Å². The summed E-state index contributed by atoms with van der Waals surface area (Å²) in [6, 6.07) is 13.6. The largest absolute Gasteiger partial charge is 0.491 e. The molecule has 0 aliphatic rings. The Kier molecular flexibility index (Phi) is 6.24. The Morgan fingerprint density at radius 3 is 2.59 bits per heavy atom. The van der Waals surface area contributed by atoms with E-state index in [1.165, 1.54) is 11.7 Å². The Hall–Kier alpha value is -2.67. The van der Waals surface area contributed by atoms with Crippen LogP contribution in [0.2, 0.25) is 0 Å². The topological polar surface area (TPSA) is 67.3 Å². The van der Waals surface area contributed by atoms with Gasteiger partial charge in [0.2, 0.25) is 0 Å². The van der Waals surface area contributed by atoms with Crippen molar-refractivity contribution in [3.05, 3.63) is 53.6 Å². The van der Waals surface area contributed by atoms with Gasteiger partial charge in [0.15, 0.2) is 0 Å². The maximum Gasteiger partial charge on any atom is 0.317 e. The number of amides is 2.